The van der Waals surface area contributed by atoms with Crippen LogP contribution >= 0.6 is 0 Å². The molecule has 170 valence electrons. The lowest BCUT2D eigenvalue weighted by Crippen LogP contribution is -2.45. The minimum absolute atomic E-state index is 0.753. The Morgan fingerprint density at radius 3 is 2.39 bits per heavy atom. The van der Waals surface area contributed by atoms with E-state index in [2.05, 4.69) is 88.5 Å². The number of hydrogen-bond acceptors (Lipinski definition) is 5. The fourth-order valence-electron chi connectivity index (χ4n) is 4.34. The topological polar surface area (TPSA) is 44.3 Å². The van der Waals surface area contributed by atoms with E-state index >= 15 is 0 Å². The maximum absolute atomic E-state index is 4.62. The lowest BCUT2D eigenvalue weighted by Gasteiger charge is -2.37. The summed E-state index contributed by atoms with van der Waals surface area (Å²) in [5.41, 5.74) is 9.18. The largest absolute Gasteiger partial charge is 0.372 e. The molecule has 1 aliphatic rings. The van der Waals surface area contributed by atoms with Gasteiger partial charge in [-0.1, -0.05) is 31.4 Å². The Hall–Kier alpha value is -3.60. The number of anilines is 2. The summed E-state index contributed by atoms with van der Waals surface area (Å²) in [6.45, 7) is 18.5. The van der Waals surface area contributed by atoms with Crippen LogP contribution in [0.3, 0.4) is 0 Å². The van der Waals surface area contributed by atoms with Crippen molar-refractivity contribution in [3.05, 3.63) is 96.2 Å². The molecule has 0 radical (unpaired) electrons. The summed E-state index contributed by atoms with van der Waals surface area (Å²) < 4.78 is 0. The van der Waals surface area contributed by atoms with Gasteiger partial charge in [0.05, 0.1) is 11.9 Å². The molecule has 5 heteroatoms. The molecule has 0 aliphatic carbocycles. The molecule has 4 rings (SSSR count). The minimum atomic E-state index is 0.753. The van der Waals surface area contributed by atoms with E-state index in [1.54, 1.807) is 0 Å². The summed E-state index contributed by atoms with van der Waals surface area (Å²) >= 11 is 0. The van der Waals surface area contributed by atoms with Crippen LogP contribution in [0.15, 0.2) is 79.4 Å². The molecule has 33 heavy (non-hydrogen) atoms. The molecule has 2 aromatic heterocycles. The summed E-state index contributed by atoms with van der Waals surface area (Å²) in [4.78, 5) is 13.6. The average Bonchev–Trinajstić information content (AvgIpc) is 2.79. The number of nitrogens with zero attached hydrogens (tertiary/aromatic N) is 4. The fourth-order valence-corrected chi connectivity index (χ4v) is 4.34. The highest BCUT2D eigenvalue weighted by atomic mass is 15.3. The van der Waals surface area contributed by atoms with Crippen LogP contribution in [0, 0.1) is 13.8 Å². The van der Waals surface area contributed by atoms with Gasteiger partial charge in [-0.05, 0) is 67.3 Å². The molecule has 3 heterocycles. The van der Waals surface area contributed by atoms with Gasteiger partial charge in [0.15, 0.2) is 0 Å². The number of allylic oxidation sites excluding steroid dienone is 2. The highest BCUT2D eigenvalue weighted by molar-refractivity contribution is 5.67. The van der Waals surface area contributed by atoms with Crippen molar-refractivity contribution in [2.75, 3.05) is 36.4 Å². The Morgan fingerprint density at radius 2 is 1.76 bits per heavy atom. The normalized spacial score (nSPS) is 13.7. The molecule has 1 saturated heterocycles. The molecule has 0 saturated carbocycles. The predicted octanol–water partition coefficient (Wildman–Crippen LogP) is 5.58. The molecule has 1 N–H and O–H groups in total. The van der Waals surface area contributed by atoms with Crippen LogP contribution in [-0.4, -0.2) is 41.0 Å². The minimum Gasteiger partial charge on any atom is -0.372 e. The molecule has 3 aromatic rings. The Balaban J connectivity index is 1.34. The van der Waals surface area contributed by atoms with Gasteiger partial charge in [-0.3, -0.25) is 4.98 Å². The third-order valence-electron chi connectivity index (χ3n) is 6.15. The average molecular weight is 440 g/mol. The lowest BCUT2D eigenvalue weighted by atomic mass is 9.97. The third kappa shape index (κ3) is 5.61. The Kier molecular flexibility index (Phi) is 6.78. The van der Waals surface area contributed by atoms with Crippen LogP contribution in [0.2, 0.25) is 0 Å². The van der Waals surface area contributed by atoms with Gasteiger partial charge in [0, 0.05) is 55.9 Å². The van der Waals surface area contributed by atoms with E-state index < -0.39 is 0 Å². The molecule has 0 bridgehead atoms. The van der Waals surface area contributed by atoms with E-state index in [0.29, 0.717) is 0 Å². The zero-order chi connectivity index (χ0) is 23.4. The summed E-state index contributed by atoms with van der Waals surface area (Å²) in [6.07, 6.45) is 4.56. The van der Waals surface area contributed by atoms with E-state index in [9.17, 15) is 0 Å². The number of aryl methyl sites for hydroxylation is 2. The first-order valence-corrected chi connectivity index (χ1v) is 11.5. The zero-order valence-electron chi connectivity index (χ0n) is 19.9. The summed E-state index contributed by atoms with van der Waals surface area (Å²) in [5, 5.41) is 3.36. The summed E-state index contributed by atoms with van der Waals surface area (Å²) in [7, 11) is 0. The molecule has 1 fully saturated rings. The van der Waals surface area contributed by atoms with E-state index in [1.807, 2.05) is 25.4 Å². The van der Waals surface area contributed by atoms with Crippen molar-refractivity contribution in [3.8, 4) is 11.1 Å². The van der Waals surface area contributed by atoms with Crippen molar-refractivity contribution in [2.45, 2.75) is 27.2 Å². The van der Waals surface area contributed by atoms with Crippen LogP contribution in [0.5, 0.6) is 0 Å². The van der Waals surface area contributed by atoms with Crippen molar-refractivity contribution < 1.29 is 0 Å². The van der Waals surface area contributed by atoms with Crippen LogP contribution in [0.4, 0.5) is 11.5 Å². The van der Waals surface area contributed by atoms with Gasteiger partial charge < -0.3 is 15.1 Å². The van der Waals surface area contributed by atoms with Gasteiger partial charge in [-0.15, -0.1) is 0 Å². The molecule has 0 unspecified atom stereocenters. The molecular weight excluding hydrogens is 406 g/mol. The quantitative estimate of drug-likeness (QED) is 0.520. The van der Waals surface area contributed by atoms with Gasteiger partial charge in [0.1, 0.15) is 5.82 Å². The van der Waals surface area contributed by atoms with Gasteiger partial charge in [-0.2, -0.15) is 0 Å². The maximum Gasteiger partial charge on any atom is 0.130 e. The second-order valence-corrected chi connectivity index (χ2v) is 8.85. The first-order chi connectivity index (χ1) is 15.9. The molecule has 5 nitrogen and oxygen atoms in total. The highest BCUT2D eigenvalue weighted by Crippen LogP contribution is 2.25. The first kappa shape index (κ1) is 22.6. The monoisotopic (exact) mass is 439 g/mol. The van der Waals surface area contributed by atoms with Crippen molar-refractivity contribution in [1.29, 1.82) is 0 Å². The number of pyridine rings is 2. The summed E-state index contributed by atoms with van der Waals surface area (Å²) in [6, 6.07) is 14.9. The lowest BCUT2D eigenvalue weighted by molar-refractivity contribution is 0.323. The fraction of sp³-hybridized carbons (Fsp3) is 0.286. The number of nitrogens with one attached hydrogen (secondary N) is 1. The number of hydrogen-bond donors (Lipinski definition) is 1. The van der Waals surface area contributed by atoms with Gasteiger partial charge in [0.25, 0.3) is 0 Å². The predicted molar refractivity (Wildman–Crippen MR) is 138 cm³/mol. The van der Waals surface area contributed by atoms with Crippen LogP contribution in [-0.2, 0) is 6.42 Å². The van der Waals surface area contributed by atoms with E-state index in [4.69, 9.17) is 0 Å². The summed E-state index contributed by atoms with van der Waals surface area (Å²) in [5.74, 6) is 0.824. The van der Waals surface area contributed by atoms with E-state index in [1.165, 1.54) is 22.3 Å². The van der Waals surface area contributed by atoms with Crippen molar-refractivity contribution in [2.24, 2.45) is 0 Å². The second kappa shape index (κ2) is 9.90. The number of benzene rings is 1. The third-order valence-corrected chi connectivity index (χ3v) is 6.15. The molecule has 1 aromatic carbocycles. The number of rotatable bonds is 7. The Bertz CT molecular complexity index is 1140. The first-order valence-electron chi connectivity index (χ1n) is 11.5. The van der Waals surface area contributed by atoms with E-state index in [-0.39, 0.29) is 0 Å². The number of aromatic nitrogens is 2. The van der Waals surface area contributed by atoms with E-state index in [0.717, 1.165) is 61.2 Å². The molecular formula is C28H33N5. The molecule has 0 amide bonds. The molecule has 1 aliphatic heterocycles. The van der Waals surface area contributed by atoms with Gasteiger partial charge in [-0.25, -0.2) is 4.98 Å². The molecule has 0 atom stereocenters. The second-order valence-electron chi connectivity index (χ2n) is 8.85. The highest BCUT2D eigenvalue weighted by Gasteiger charge is 2.17. The smallest absolute Gasteiger partial charge is 0.130 e. The molecule has 0 spiro atoms. The van der Waals surface area contributed by atoms with Crippen molar-refractivity contribution in [1.82, 2.24) is 14.9 Å². The Morgan fingerprint density at radius 1 is 0.970 bits per heavy atom. The van der Waals surface area contributed by atoms with Crippen molar-refractivity contribution in [3.63, 3.8) is 0 Å². The van der Waals surface area contributed by atoms with Crippen LogP contribution in [0.25, 0.3) is 11.1 Å². The SMILES string of the molecule is C=C(Cc1ccc(-c2ccnc(C)c2)c(C)c1)Nc1ccc(N2CCN(C(=C)C)CC2)cn1. The van der Waals surface area contributed by atoms with Crippen LogP contribution < -0.4 is 10.2 Å². The van der Waals surface area contributed by atoms with Crippen molar-refractivity contribution >= 4 is 11.5 Å². The standard InChI is InChI=1S/C28H33N5/c1-20(2)32-12-14-33(15-13-32)26-7-9-28(30-19-26)31-23(5)17-24-6-8-27(21(3)16-24)25-10-11-29-22(4)18-25/h6-11,16,18-19H,1,5,12-15,17H2,2-4H3,(H,30,31). The van der Waals surface area contributed by atoms with Gasteiger partial charge >= 0.3 is 0 Å². The van der Waals surface area contributed by atoms with Gasteiger partial charge in [0.2, 0.25) is 0 Å². The van der Waals surface area contributed by atoms with Crippen LogP contribution in [0.1, 0.15) is 23.7 Å². The Labute approximate surface area is 197 Å². The number of piperazine rings is 1. The zero-order valence-corrected chi connectivity index (χ0v) is 19.9. The maximum atomic E-state index is 4.62.